The van der Waals surface area contributed by atoms with Crippen molar-refractivity contribution >= 4 is 5.97 Å². The Morgan fingerprint density at radius 1 is 1.43 bits per heavy atom. The van der Waals surface area contributed by atoms with Crippen molar-refractivity contribution in [3.8, 4) is 0 Å². The molecule has 0 N–H and O–H groups in total. The molecule has 0 bridgehead atoms. The van der Waals surface area contributed by atoms with Crippen LogP contribution >= 0.6 is 0 Å². The molecule has 14 heavy (non-hydrogen) atoms. The smallest absolute Gasteiger partial charge is 0.330 e. The molecule has 0 saturated heterocycles. The maximum Gasteiger partial charge on any atom is 0.330 e. The predicted molar refractivity (Wildman–Crippen MR) is 56.9 cm³/mol. The number of ether oxygens (including phenoxy) is 1. The minimum absolute atomic E-state index is 0.0491. The van der Waals surface area contributed by atoms with Gasteiger partial charge in [0.2, 0.25) is 0 Å². The second-order valence-corrected chi connectivity index (χ2v) is 4.37. The van der Waals surface area contributed by atoms with Crippen molar-refractivity contribution in [2.75, 3.05) is 0 Å². The Hall–Kier alpha value is -0.790. The summed E-state index contributed by atoms with van der Waals surface area (Å²) in [7, 11) is 0. The molecule has 0 aliphatic heterocycles. The summed E-state index contributed by atoms with van der Waals surface area (Å²) in [4.78, 5) is 11.0. The summed E-state index contributed by atoms with van der Waals surface area (Å²) < 4.78 is 5.22. The van der Waals surface area contributed by atoms with E-state index in [1.165, 1.54) is 31.8 Å². The van der Waals surface area contributed by atoms with Crippen molar-refractivity contribution in [2.45, 2.75) is 45.6 Å². The van der Waals surface area contributed by atoms with E-state index in [0.717, 1.165) is 5.92 Å². The van der Waals surface area contributed by atoms with Gasteiger partial charge in [-0.25, -0.2) is 4.79 Å². The summed E-state index contributed by atoms with van der Waals surface area (Å²) in [5, 5.41) is 0. The van der Waals surface area contributed by atoms with Gasteiger partial charge in [0.25, 0.3) is 0 Å². The molecule has 1 aliphatic carbocycles. The molecule has 1 aliphatic rings. The van der Waals surface area contributed by atoms with Crippen LogP contribution in [-0.4, -0.2) is 12.1 Å². The van der Waals surface area contributed by atoms with E-state index in [1.807, 2.05) is 6.92 Å². The van der Waals surface area contributed by atoms with Gasteiger partial charge in [-0.1, -0.05) is 26.3 Å². The quantitative estimate of drug-likeness (QED) is 0.512. The molecule has 1 unspecified atom stereocenters. The van der Waals surface area contributed by atoms with Crippen molar-refractivity contribution in [3.63, 3.8) is 0 Å². The molecule has 0 aromatic heterocycles. The lowest BCUT2D eigenvalue weighted by molar-refractivity contribution is -0.145. The molecule has 1 fully saturated rings. The fraction of sp³-hybridized carbons (Fsp3) is 0.750. The number of carbonyl (C=O) groups excluding carboxylic acids is 1. The third-order valence-corrected chi connectivity index (χ3v) is 3.19. The van der Waals surface area contributed by atoms with Crippen molar-refractivity contribution in [3.05, 3.63) is 12.7 Å². The van der Waals surface area contributed by atoms with Gasteiger partial charge in [-0.3, -0.25) is 0 Å². The molecular formula is C12H20O2. The number of hydrogen-bond acceptors (Lipinski definition) is 2. The maximum absolute atomic E-state index is 11.0. The molecule has 0 spiro atoms. The Morgan fingerprint density at radius 2 is 2.00 bits per heavy atom. The molecule has 0 heterocycles. The standard InChI is InChI=1S/C12H20O2/c1-4-12(13)14-10(3)11-7-5-9(2)6-8-11/h4,9-11H,1,5-8H2,2-3H3. The van der Waals surface area contributed by atoms with Crippen LogP contribution in [0.15, 0.2) is 12.7 Å². The van der Waals surface area contributed by atoms with Crippen LogP contribution in [0.3, 0.4) is 0 Å². The normalized spacial score (nSPS) is 29.3. The molecule has 1 rings (SSSR count). The number of carbonyl (C=O) groups is 1. The van der Waals surface area contributed by atoms with E-state index >= 15 is 0 Å². The van der Waals surface area contributed by atoms with Crippen LogP contribution in [-0.2, 0) is 9.53 Å². The number of esters is 1. The highest BCUT2D eigenvalue weighted by molar-refractivity contribution is 5.81. The van der Waals surface area contributed by atoms with Crippen molar-refractivity contribution in [1.82, 2.24) is 0 Å². The average Bonchev–Trinajstić information content (AvgIpc) is 2.18. The molecule has 2 heteroatoms. The summed E-state index contributed by atoms with van der Waals surface area (Å²) in [5.41, 5.74) is 0. The zero-order valence-electron chi connectivity index (χ0n) is 9.16. The monoisotopic (exact) mass is 196 g/mol. The van der Waals surface area contributed by atoms with Crippen molar-refractivity contribution < 1.29 is 9.53 Å². The Balaban J connectivity index is 2.33. The van der Waals surface area contributed by atoms with Gasteiger partial charge < -0.3 is 4.74 Å². The van der Waals surface area contributed by atoms with Crippen LogP contribution in [0.4, 0.5) is 0 Å². The van der Waals surface area contributed by atoms with Gasteiger partial charge in [-0.15, -0.1) is 0 Å². The van der Waals surface area contributed by atoms with E-state index in [9.17, 15) is 4.79 Å². The van der Waals surface area contributed by atoms with Crippen LogP contribution in [0, 0.1) is 11.8 Å². The minimum Gasteiger partial charge on any atom is -0.459 e. The lowest BCUT2D eigenvalue weighted by Crippen LogP contribution is -2.26. The summed E-state index contributed by atoms with van der Waals surface area (Å²) in [6.45, 7) is 7.67. The van der Waals surface area contributed by atoms with E-state index in [4.69, 9.17) is 4.74 Å². The van der Waals surface area contributed by atoms with Gasteiger partial charge >= 0.3 is 5.97 Å². The van der Waals surface area contributed by atoms with Crippen LogP contribution in [0.25, 0.3) is 0 Å². The van der Waals surface area contributed by atoms with E-state index in [2.05, 4.69) is 13.5 Å². The van der Waals surface area contributed by atoms with E-state index in [-0.39, 0.29) is 12.1 Å². The highest BCUT2D eigenvalue weighted by Crippen LogP contribution is 2.31. The fourth-order valence-corrected chi connectivity index (χ4v) is 2.08. The zero-order chi connectivity index (χ0) is 10.6. The number of rotatable bonds is 3. The summed E-state index contributed by atoms with van der Waals surface area (Å²) >= 11 is 0. The molecule has 0 radical (unpaired) electrons. The van der Waals surface area contributed by atoms with Gasteiger partial charge in [-0.05, 0) is 31.6 Å². The Morgan fingerprint density at radius 3 is 2.50 bits per heavy atom. The largest absolute Gasteiger partial charge is 0.459 e. The third kappa shape index (κ3) is 3.17. The zero-order valence-corrected chi connectivity index (χ0v) is 9.16. The first-order valence-electron chi connectivity index (χ1n) is 5.46. The Bertz CT molecular complexity index is 202. The van der Waals surface area contributed by atoms with Gasteiger partial charge in [0.05, 0.1) is 0 Å². The van der Waals surface area contributed by atoms with Crippen LogP contribution in [0.1, 0.15) is 39.5 Å². The van der Waals surface area contributed by atoms with Crippen LogP contribution in [0.5, 0.6) is 0 Å². The Kier molecular flexibility index (Phi) is 4.18. The molecule has 80 valence electrons. The highest BCUT2D eigenvalue weighted by Gasteiger charge is 2.24. The molecule has 1 atom stereocenters. The first kappa shape index (κ1) is 11.3. The highest BCUT2D eigenvalue weighted by atomic mass is 16.5. The predicted octanol–water partition coefficient (Wildman–Crippen LogP) is 2.93. The molecular weight excluding hydrogens is 176 g/mol. The Labute approximate surface area is 86.3 Å². The molecule has 2 nitrogen and oxygen atoms in total. The SMILES string of the molecule is C=CC(=O)OC(C)C1CCC(C)CC1. The second kappa shape index (κ2) is 5.18. The van der Waals surface area contributed by atoms with Crippen molar-refractivity contribution in [2.24, 2.45) is 11.8 Å². The van der Waals surface area contributed by atoms with Crippen molar-refractivity contribution in [1.29, 1.82) is 0 Å². The van der Waals surface area contributed by atoms with Crippen LogP contribution < -0.4 is 0 Å². The van der Waals surface area contributed by atoms with Gasteiger partial charge in [0.15, 0.2) is 0 Å². The maximum atomic E-state index is 11.0. The average molecular weight is 196 g/mol. The summed E-state index contributed by atoms with van der Waals surface area (Å²) in [5.74, 6) is 1.10. The second-order valence-electron chi connectivity index (χ2n) is 4.37. The minimum atomic E-state index is -0.295. The number of hydrogen-bond donors (Lipinski definition) is 0. The molecule has 0 aromatic rings. The van der Waals surface area contributed by atoms with Crippen LogP contribution in [0.2, 0.25) is 0 Å². The van der Waals surface area contributed by atoms with Gasteiger partial charge in [0, 0.05) is 6.08 Å². The summed E-state index contributed by atoms with van der Waals surface area (Å²) in [6, 6.07) is 0. The lowest BCUT2D eigenvalue weighted by Gasteiger charge is -2.30. The first-order chi connectivity index (χ1) is 6.63. The lowest BCUT2D eigenvalue weighted by atomic mass is 9.80. The van der Waals surface area contributed by atoms with E-state index < -0.39 is 0 Å². The molecule has 0 amide bonds. The van der Waals surface area contributed by atoms with Gasteiger partial charge in [0.1, 0.15) is 6.10 Å². The fourth-order valence-electron chi connectivity index (χ4n) is 2.08. The molecule has 1 saturated carbocycles. The summed E-state index contributed by atoms with van der Waals surface area (Å²) in [6.07, 6.45) is 6.19. The van der Waals surface area contributed by atoms with E-state index in [0.29, 0.717) is 5.92 Å². The third-order valence-electron chi connectivity index (χ3n) is 3.19. The van der Waals surface area contributed by atoms with E-state index in [1.54, 1.807) is 0 Å². The topological polar surface area (TPSA) is 26.3 Å². The molecule has 0 aromatic carbocycles. The first-order valence-corrected chi connectivity index (χ1v) is 5.46. The van der Waals surface area contributed by atoms with Gasteiger partial charge in [-0.2, -0.15) is 0 Å².